The lowest BCUT2D eigenvalue weighted by atomic mass is 10.0. The molecule has 0 aromatic heterocycles. The van der Waals surface area contributed by atoms with E-state index in [4.69, 9.17) is 0 Å². The van der Waals surface area contributed by atoms with Crippen LogP contribution in [0.1, 0.15) is 110 Å². The second kappa shape index (κ2) is 18.8. The van der Waals surface area contributed by atoms with Gasteiger partial charge in [0.2, 0.25) is 0 Å². The third kappa shape index (κ3) is 15.9. The number of hydrogen-bond acceptors (Lipinski definition) is 0. The van der Waals surface area contributed by atoms with Crippen LogP contribution in [0.15, 0.2) is 12.7 Å². The van der Waals surface area contributed by atoms with E-state index in [0.717, 1.165) is 17.1 Å². The van der Waals surface area contributed by atoms with E-state index >= 15 is 0 Å². The lowest BCUT2D eigenvalue weighted by Gasteiger charge is -2.37. The summed E-state index contributed by atoms with van der Waals surface area (Å²) in [6, 6.07) is 0.802. The Labute approximate surface area is 166 Å². The maximum absolute atomic E-state index is 3.92. The molecule has 152 valence electrons. The minimum atomic E-state index is 0. The number of rotatable bonds is 18. The Balaban J connectivity index is 0. The van der Waals surface area contributed by atoms with Crippen LogP contribution in [0, 0.1) is 0 Å². The van der Waals surface area contributed by atoms with Crippen LogP contribution < -0.4 is 12.4 Å². The Kier molecular flexibility index (Phi) is 20.4. The molecule has 1 unspecified atom stereocenters. The topological polar surface area (TPSA) is 0 Å². The van der Waals surface area contributed by atoms with E-state index in [1.807, 2.05) is 0 Å². The first-order valence-electron chi connectivity index (χ1n) is 11.0. The van der Waals surface area contributed by atoms with Crippen molar-refractivity contribution in [2.45, 2.75) is 116 Å². The molecule has 0 aromatic rings. The first kappa shape index (κ1) is 27.2. The van der Waals surface area contributed by atoms with Gasteiger partial charge in [-0.25, -0.2) is 0 Å². The highest BCUT2D eigenvalue weighted by atomic mass is 35.5. The molecule has 1 atom stereocenters. The maximum Gasteiger partial charge on any atom is 0.0969 e. The van der Waals surface area contributed by atoms with Gasteiger partial charge in [-0.15, -0.1) is 0 Å². The van der Waals surface area contributed by atoms with Gasteiger partial charge in [-0.2, -0.15) is 0 Å². The van der Waals surface area contributed by atoms with Gasteiger partial charge in [-0.3, -0.25) is 0 Å². The molecule has 0 saturated heterocycles. The van der Waals surface area contributed by atoms with E-state index in [1.54, 1.807) is 0 Å². The monoisotopic (exact) mass is 373 g/mol. The fourth-order valence-electron chi connectivity index (χ4n) is 3.93. The van der Waals surface area contributed by atoms with Gasteiger partial charge >= 0.3 is 0 Å². The Morgan fingerprint density at radius 1 is 0.720 bits per heavy atom. The van der Waals surface area contributed by atoms with Crippen molar-refractivity contribution in [2.75, 3.05) is 20.6 Å². The van der Waals surface area contributed by atoms with Crippen molar-refractivity contribution in [3.8, 4) is 0 Å². The molecular weight excluding hydrogens is 326 g/mol. The summed E-state index contributed by atoms with van der Waals surface area (Å²) in [5, 5.41) is 0. The van der Waals surface area contributed by atoms with Crippen LogP contribution in [0.3, 0.4) is 0 Å². The Morgan fingerprint density at radius 2 is 1.12 bits per heavy atom. The van der Waals surface area contributed by atoms with Gasteiger partial charge in [0.1, 0.15) is 0 Å². The highest BCUT2D eigenvalue weighted by molar-refractivity contribution is 4.68. The fraction of sp³-hybridized carbons (Fsp3) is 0.913. The molecule has 0 aliphatic heterocycles. The number of hydrogen-bond donors (Lipinski definition) is 0. The molecule has 0 amide bonds. The molecule has 0 bridgehead atoms. The summed E-state index contributed by atoms with van der Waals surface area (Å²) in [7, 11) is 4.72. The van der Waals surface area contributed by atoms with Gasteiger partial charge in [-0.1, -0.05) is 97.5 Å². The zero-order valence-corrected chi connectivity index (χ0v) is 18.8. The standard InChI is InChI=1S/C23H48N.ClH/c1-6-9-10-11-12-13-14-15-16-17-18-19-20-21-23(8-3)24(4,5)22-7-2;/h7,23H,2,6,8-22H2,1,3-5H3;1H/q+1;/p-1. The second-order valence-corrected chi connectivity index (χ2v) is 8.34. The summed E-state index contributed by atoms with van der Waals surface area (Å²) < 4.78 is 1.11. The minimum absolute atomic E-state index is 0. The van der Waals surface area contributed by atoms with Gasteiger partial charge in [-0.05, 0) is 25.3 Å². The number of nitrogens with zero attached hydrogens (tertiary/aromatic N) is 1. The molecule has 0 aromatic carbocycles. The third-order valence-electron chi connectivity index (χ3n) is 5.70. The molecule has 0 fully saturated rings. The summed E-state index contributed by atoms with van der Waals surface area (Å²) in [5.41, 5.74) is 0. The van der Waals surface area contributed by atoms with Crippen LogP contribution in [-0.2, 0) is 0 Å². The minimum Gasteiger partial charge on any atom is -1.00 e. The SMILES string of the molecule is C=CC[N+](C)(C)C(CC)CCCCCCCCCCCCCCC.[Cl-]. The van der Waals surface area contributed by atoms with Crippen molar-refractivity contribution in [2.24, 2.45) is 0 Å². The molecule has 2 heteroatoms. The number of likely N-dealkylation sites (N-methyl/N-ethyl adjacent to an activating group) is 1. The summed E-state index contributed by atoms with van der Waals surface area (Å²) in [6.45, 7) is 9.65. The smallest absolute Gasteiger partial charge is 0.0969 e. The van der Waals surface area contributed by atoms with Crippen LogP contribution >= 0.6 is 0 Å². The van der Waals surface area contributed by atoms with Crippen molar-refractivity contribution in [3.63, 3.8) is 0 Å². The van der Waals surface area contributed by atoms with E-state index in [2.05, 4.69) is 40.6 Å². The zero-order chi connectivity index (χ0) is 18.1. The normalized spacial score (nSPS) is 12.6. The highest BCUT2D eigenvalue weighted by Crippen LogP contribution is 2.19. The second-order valence-electron chi connectivity index (χ2n) is 8.34. The van der Waals surface area contributed by atoms with Crippen LogP contribution in [0.25, 0.3) is 0 Å². The zero-order valence-electron chi connectivity index (χ0n) is 18.0. The largest absolute Gasteiger partial charge is 1.00 e. The number of quaternary nitrogens is 1. The van der Waals surface area contributed by atoms with Gasteiger partial charge in [0.25, 0.3) is 0 Å². The predicted molar refractivity (Wildman–Crippen MR) is 112 cm³/mol. The molecule has 0 heterocycles. The molecular formula is C23H48ClN. The van der Waals surface area contributed by atoms with Crippen molar-refractivity contribution in [1.82, 2.24) is 0 Å². The highest BCUT2D eigenvalue weighted by Gasteiger charge is 2.24. The summed E-state index contributed by atoms with van der Waals surface area (Å²) >= 11 is 0. The van der Waals surface area contributed by atoms with Gasteiger partial charge in [0.15, 0.2) is 0 Å². The average molecular weight is 374 g/mol. The summed E-state index contributed by atoms with van der Waals surface area (Å²) in [6.07, 6.45) is 23.6. The van der Waals surface area contributed by atoms with Crippen molar-refractivity contribution in [3.05, 3.63) is 12.7 Å². The van der Waals surface area contributed by atoms with Gasteiger partial charge < -0.3 is 16.9 Å². The van der Waals surface area contributed by atoms with Crippen molar-refractivity contribution in [1.29, 1.82) is 0 Å². The Bertz CT molecular complexity index is 275. The average Bonchev–Trinajstić information content (AvgIpc) is 2.55. The Morgan fingerprint density at radius 3 is 1.48 bits per heavy atom. The fourth-order valence-corrected chi connectivity index (χ4v) is 3.93. The summed E-state index contributed by atoms with van der Waals surface area (Å²) in [5.74, 6) is 0. The van der Waals surface area contributed by atoms with Gasteiger partial charge in [0.05, 0.1) is 26.7 Å². The first-order chi connectivity index (χ1) is 11.6. The van der Waals surface area contributed by atoms with Crippen LogP contribution in [0.2, 0.25) is 0 Å². The van der Waals surface area contributed by atoms with Crippen LogP contribution in [-0.4, -0.2) is 31.2 Å². The maximum atomic E-state index is 3.92. The molecule has 0 aliphatic rings. The quantitative estimate of drug-likeness (QED) is 0.188. The molecule has 1 nitrogen and oxygen atoms in total. The Hall–Kier alpha value is -0.0100. The molecule has 0 saturated carbocycles. The molecule has 0 rings (SSSR count). The first-order valence-corrected chi connectivity index (χ1v) is 11.0. The number of unbranched alkanes of at least 4 members (excludes halogenated alkanes) is 12. The lowest BCUT2D eigenvalue weighted by molar-refractivity contribution is -0.910. The lowest BCUT2D eigenvalue weighted by Crippen LogP contribution is -3.00. The van der Waals surface area contributed by atoms with E-state index in [0.29, 0.717) is 0 Å². The van der Waals surface area contributed by atoms with Crippen LogP contribution in [0.5, 0.6) is 0 Å². The molecule has 0 N–H and O–H groups in total. The van der Waals surface area contributed by atoms with E-state index in [-0.39, 0.29) is 12.4 Å². The van der Waals surface area contributed by atoms with Crippen molar-refractivity contribution < 1.29 is 16.9 Å². The molecule has 0 spiro atoms. The van der Waals surface area contributed by atoms with E-state index in [9.17, 15) is 0 Å². The van der Waals surface area contributed by atoms with Gasteiger partial charge in [0, 0.05) is 0 Å². The number of halogens is 1. The van der Waals surface area contributed by atoms with E-state index < -0.39 is 0 Å². The van der Waals surface area contributed by atoms with Crippen LogP contribution in [0.4, 0.5) is 0 Å². The third-order valence-corrected chi connectivity index (χ3v) is 5.70. The predicted octanol–water partition coefficient (Wildman–Crippen LogP) is 4.51. The van der Waals surface area contributed by atoms with E-state index in [1.165, 1.54) is 96.3 Å². The van der Waals surface area contributed by atoms with Crippen molar-refractivity contribution >= 4 is 0 Å². The molecule has 25 heavy (non-hydrogen) atoms. The summed E-state index contributed by atoms with van der Waals surface area (Å²) in [4.78, 5) is 0. The molecule has 0 radical (unpaired) electrons. The molecule has 0 aliphatic carbocycles.